The molecule has 0 heterocycles. The van der Waals surface area contributed by atoms with Gasteiger partial charge in [0.1, 0.15) is 5.75 Å². The number of sulfonamides is 1. The van der Waals surface area contributed by atoms with Gasteiger partial charge >= 0.3 is 0 Å². The van der Waals surface area contributed by atoms with E-state index in [1.54, 1.807) is 38.1 Å². The fraction of sp³-hybridized carbons (Fsp3) is 0.391. The van der Waals surface area contributed by atoms with Crippen LogP contribution in [0.25, 0.3) is 0 Å². The standard InChI is InChI=1S/C23H30ClN3O5S/c1-4-27(5-2)33(30,31)17-13-14-19(24)20(16-17)26-22(28)12-9-15-25-23(29)18-10-7-8-11-21(18)32-6-3/h7-8,10-11,13-14,16H,4-6,9,12,15H2,1-3H3,(H,25,29)(H,26,28). The summed E-state index contributed by atoms with van der Waals surface area (Å²) in [6.45, 7) is 6.77. The van der Waals surface area contributed by atoms with Crippen LogP contribution in [0.3, 0.4) is 0 Å². The molecule has 2 aromatic rings. The van der Waals surface area contributed by atoms with Gasteiger partial charge in [-0.25, -0.2) is 8.42 Å². The van der Waals surface area contributed by atoms with Gasteiger partial charge in [-0.05, 0) is 43.7 Å². The summed E-state index contributed by atoms with van der Waals surface area (Å²) in [6, 6.07) is 11.2. The van der Waals surface area contributed by atoms with Crippen LogP contribution in [0.4, 0.5) is 5.69 Å². The fourth-order valence-electron chi connectivity index (χ4n) is 3.17. The van der Waals surface area contributed by atoms with Crippen LogP contribution in [-0.2, 0) is 14.8 Å². The second-order valence-corrected chi connectivity index (χ2v) is 9.41. The highest BCUT2D eigenvalue weighted by atomic mass is 35.5. The van der Waals surface area contributed by atoms with Crippen molar-refractivity contribution in [3.63, 3.8) is 0 Å². The zero-order valence-electron chi connectivity index (χ0n) is 19.1. The maximum Gasteiger partial charge on any atom is 0.255 e. The number of carbonyl (C=O) groups excluding carboxylic acids is 2. The lowest BCUT2D eigenvalue weighted by Gasteiger charge is -2.19. The third kappa shape index (κ3) is 7.18. The van der Waals surface area contributed by atoms with E-state index in [0.29, 0.717) is 37.4 Å². The molecule has 10 heteroatoms. The predicted molar refractivity (Wildman–Crippen MR) is 129 cm³/mol. The van der Waals surface area contributed by atoms with Crippen LogP contribution in [0.5, 0.6) is 5.75 Å². The smallest absolute Gasteiger partial charge is 0.255 e. The molecule has 0 fully saturated rings. The Balaban J connectivity index is 1.93. The molecule has 0 atom stereocenters. The van der Waals surface area contributed by atoms with Gasteiger partial charge in [-0.2, -0.15) is 4.31 Å². The summed E-state index contributed by atoms with van der Waals surface area (Å²) >= 11 is 6.16. The number of nitrogens with one attached hydrogen (secondary N) is 2. The van der Waals surface area contributed by atoms with E-state index < -0.39 is 10.0 Å². The minimum atomic E-state index is -3.68. The maximum atomic E-state index is 12.7. The van der Waals surface area contributed by atoms with E-state index in [9.17, 15) is 18.0 Å². The molecule has 0 spiro atoms. The molecule has 0 unspecified atom stereocenters. The van der Waals surface area contributed by atoms with Crippen molar-refractivity contribution in [3.8, 4) is 5.75 Å². The average molecular weight is 496 g/mol. The van der Waals surface area contributed by atoms with Crippen molar-refractivity contribution in [1.29, 1.82) is 0 Å². The first-order valence-corrected chi connectivity index (χ1v) is 12.7. The van der Waals surface area contributed by atoms with E-state index in [0.717, 1.165) is 0 Å². The number of para-hydroxylation sites is 1. The second kappa shape index (κ2) is 12.6. The minimum Gasteiger partial charge on any atom is -0.493 e. The van der Waals surface area contributed by atoms with Gasteiger partial charge in [0.05, 0.1) is 27.8 Å². The lowest BCUT2D eigenvalue weighted by Crippen LogP contribution is -2.30. The Morgan fingerprint density at radius 3 is 2.42 bits per heavy atom. The van der Waals surface area contributed by atoms with E-state index in [4.69, 9.17) is 16.3 Å². The third-order valence-corrected chi connectivity index (χ3v) is 7.23. The van der Waals surface area contributed by atoms with Crippen molar-refractivity contribution in [1.82, 2.24) is 9.62 Å². The zero-order chi connectivity index (χ0) is 24.4. The van der Waals surface area contributed by atoms with E-state index in [-0.39, 0.29) is 40.4 Å². The van der Waals surface area contributed by atoms with Crippen molar-refractivity contribution in [2.75, 3.05) is 31.6 Å². The molecule has 0 radical (unpaired) electrons. The number of amides is 2. The lowest BCUT2D eigenvalue weighted by atomic mass is 10.2. The van der Waals surface area contributed by atoms with Gasteiger partial charge in [0, 0.05) is 26.1 Å². The number of hydrogen-bond donors (Lipinski definition) is 2. The number of ether oxygens (including phenoxy) is 1. The molecule has 2 amide bonds. The van der Waals surface area contributed by atoms with Crippen LogP contribution in [0, 0.1) is 0 Å². The third-order valence-electron chi connectivity index (χ3n) is 4.85. The highest BCUT2D eigenvalue weighted by Gasteiger charge is 2.22. The van der Waals surface area contributed by atoms with E-state index >= 15 is 0 Å². The second-order valence-electron chi connectivity index (χ2n) is 7.07. The number of nitrogens with zero attached hydrogens (tertiary/aromatic N) is 1. The molecule has 8 nitrogen and oxygen atoms in total. The van der Waals surface area contributed by atoms with Crippen molar-refractivity contribution in [2.24, 2.45) is 0 Å². The summed E-state index contributed by atoms with van der Waals surface area (Å²) in [7, 11) is -3.68. The van der Waals surface area contributed by atoms with Gasteiger partial charge < -0.3 is 15.4 Å². The molecular formula is C23H30ClN3O5S. The average Bonchev–Trinajstić information content (AvgIpc) is 2.79. The van der Waals surface area contributed by atoms with Gasteiger partial charge in [0.15, 0.2) is 0 Å². The van der Waals surface area contributed by atoms with Crippen LogP contribution in [0.1, 0.15) is 44.0 Å². The molecule has 2 N–H and O–H groups in total. The monoisotopic (exact) mass is 495 g/mol. The summed E-state index contributed by atoms with van der Waals surface area (Å²) in [5.41, 5.74) is 0.659. The van der Waals surface area contributed by atoms with E-state index in [1.165, 1.54) is 22.5 Å². The molecule has 2 rings (SSSR count). The van der Waals surface area contributed by atoms with Crippen LogP contribution in [0.2, 0.25) is 5.02 Å². The fourth-order valence-corrected chi connectivity index (χ4v) is 4.82. The molecule has 0 saturated heterocycles. The summed E-state index contributed by atoms with van der Waals surface area (Å²) in [5.74, 6) is -0.112. The highest BCUT2D eigenvalue weighted by molar-refractivity contribution is 7.89. The van der Waals surface area contributed by atoms with Crippen molar-refractivity contribution >= 4 is 39.1 Å². The first-order chi connectivity index (χ1) is 15.7. The van der Waals surface area contributed by atoms with Crippen LogP contribution in [0.15, 0.2) is 47.4 Å². The molecule has 0 aliphatic rings. The van der Waals surface area contributed by atoms with Gasteiger partial charge in [0.25, 0.3) is 5.91 Å². The van der Waals surface area contributed by atoms with Crippen molar-refractivity contribution < 1.29 is 22.7 Å². The molecular weight excluding hydrogens is 466 g/mol. The summed E-state index contributed by atoms with van der Waals surface area (Å²) < 4.78 is 32.2. The number of rotatable bonds is 12. The number of benzene rings is 2. The predicted octanol–water partition coefficient (Wildman–Crippen LogP) is 3.92. The Morgan fingerprint density at radius 1 is 1.06 bits per heavy atom. The van der Waals surface area contributed by atoms with Gasteiger partial charge in [-0.1, -0.05) is 37.6 Å². The Hall–Kier alpha value is -2.62. The van der Waals surface area contributed by atoms with Gasteiger partial charge in [0.2, 0.25) is 15.9 Å². The van der Waals surface area contributed by atoms with Crippen molar-refractivity contribution in [3.05, 3.63) is 53.1 Å². The Morgan fingerprint density at radius 2 is 1.76 bits per heavy atom. The first kappa shape index (κ1) is 26.6. The molecule has 33 heavy (non-hydrogen) atoms. The Kier molecular flexibility index (Phi) is 10.1. The lowest BCUT2D eigenvalue weighted by molar-refractivity contribution is -0.116. The van der Waals surface area contributed by atoms with E-state index in [2.05, 4.69) is 10.6 Å². The SMILES string of the molecule is CCOc1ccccc1C(=O)NCCCC(=O)Nc1cc(S(=O)(=O)N(CC)CC)ccc1Cl. The van der Waals surface area contributed by atoms with Crippen LogP contribution < -0.4 is 15.4 Å². The topological polar surface area (TPSA) is 105 Å². The number of hydrogen-bond acceptors (Lipinski definition) is 5. The minimum absolute atomic E-state index is 0.0612. The number of halogens is 1. The molecule has 180 valence electrons. The van der Waals surface area contributed by atoms with Gasteiger partial charge in [-0.3, -0.25) is 9.59 Å². The Bertz CT molecular complexity index is 1070. The van der Waals surface area contributed by atoms with Gasteiger partial charge in [-0.15, -0.1) is 0 Å². The molecule has 0 saturated carbocycles. The molecule has 0 aliphatic heterocycles. The molecule has 0 bridgehead atoms. The normalized spacial score (nSPS) is 11.3. The first-order valence-electron chi connectivity index (χ1n) is 10.8. The maximum absolute atomic E-state index is 12.7. The zero-order valence-corrected chi connectivity index (χ0v) is 20.6. The number of carbonyl (C=O) groups is 2. The summed E-state index contributed by atoms with van der Waals surface area (Å²) in [5, 5.41) is 5.67. The number of anilines is 1. The molecule has 0 aliphatic carbocycles. The highest BCUT2D eigenvalue weighted by Crippen LogP contribution is 2.27. The van der Waals surface area contributed by atoms with Crippen molar-refractivity contribution in [2.45, 2.75) is 38.5 Å². The molecule has 2 aromatic carbocycles. The quantitative estimate of drug-likeness (QED) is 0.434. The molecule has 0 aromatic heterocycles. The Labute approximate surface area is 200 Å². The van der Waals surface area contributed by atoms with E-state index in [1.807, 2.05) is 6.92 Å². The summed E-state index contributed by atoms with van der Waals surface area (Å²) in [6.07, 6.45) is 0.514. The van der Waals surface area contributed by atoms with Crippen LogP contribution >= 0.6 is 11.6 Å². The summed E-state index contributed by atoms with van der Waals surface area (Å²) in [4.78, 5) is 24.8. The largest absolute Gasteiger partial charge is 0.493 e. The van der Waals surface area contributed by atoms with Crippen LogP contribution in [-0.4, -0.2) is 50.8 Å².